The van der Waals surface area contributed by atoms with Crippen LogP contribution in [-0.4, -0.2) is 12.1 Å². The molecule has 0 saturated heterocycles. The van der Waals surface area contributed by atoms with Crippen molar-refractivity contribution in [1.82, 2.24) is 4.98 Å². The van der Waals surface area contributed by atoms with Crippen molar-refractivity contribution in [3.63, 3.8) is 0 Å². The van der Waals surface area contributed by atoms with Crippen molar-refractivity contribution >= 4 is 27.4 Å². The summed E-state index contributed by atoms with van der Waals surface area (Å²) in [4.78, 5) is 4.38. The minimum atomic E-state index is 0.576. The third-order valence-corrected chi connectivity index (χ3v) is 3.15. The number of hydrogen-bond acceptors (Lipinski definition) is 3. The summed E-state index contributed by atoms with van der Waals surface area (Å²) in [6.07, 6.45) is 1.84. The van der Waals surface area contributed by atoms with Gasteiger partial charge in [0.15, 0.2) is 0 Å². The molecule has 94 valence electrons. The van der Waals surface area contributed by atoms with Crippen molar-refractivity contribution in [3.05, 3.63) is 52.1 Å². The van der Waals surface area contributed by atoms with Crippen LogP contribution < -0.4 is 5.32 Å². The minimum absolute atomic E-state index is 0.576. The average Bonchev–Trinajstić information content (AvgIpc) is 2.35. The minimum Gasteiger partial charge on any atom is -0.380 e. The summed E-state index contributed by atoms with van der Waals surface area (Å²) in [7, 11) is 1.69. The van der Waals surface area contributed by atoms with E-state index >= 15 is 0 Å². The Balaban J connectivity index is 2.28. The largest absolute Gasteiger partial charge is 0.380 e. The predicted molar refractivity (Wildman–Crippen MR) is 77.1 cm³/mol. The molecule has 0 amide bonds. The van der Waals surface area contributed by atoms with E-state index in [1.165, 1.54) is 0 Å². The highest BCUT2D eigenvalue weighted by Gasteiger charge is 2.05. The number of rotatable bonds is 4. The number of aryl methyl sites for hydroxylation is 1. The number of hydrogen-bond donors (Lipinski definition) is 1. The molecule has 0 bridgehead atoms. The zero-order chi connectivity index (χ0) is 13.0. The fourth-order valence-corrected chi connectivity index (χ4v) is 2.24. The van der Waals surface area contributed by atoms with Gasteiger partial charge in [-0.15, -0.1) is 0 Å². The molecule has 0 atom stereocenters. The Kier molecular flexibility index (Phi) is 4.33. The maximum atomic E-state index is 5.18. The van der Waals surface area contributed by atoms with Crippen LogP contribution in [-0.2, 0) is 11.3 Å². The number of para-hydroxylation sites is 1. The maximum Gasteiger partial charge on any atom is 0.144 e. The number of benzene rings is 1. The second-order valence-electron chi connectivity index (χ2n) is 4.06. The van der Waals surface area contributed by atoms with Gasteiger partial charge in [-0.25, -0.2) is 4.98 Å². The van der Waals surface area contributed by atoms with Gasteiger partial charge in [0.25, 0.3) is 0 Å². The lowest BCUT2D eigenvalue weighted by Crippen LogP contribution is -1.99. The molecule has 4 heteroatoms. The zero-order valence-corrected chi connectivity index (χ0v) is 12.0. The molecule has 1 heterocycles. The molecule has 0 spiro atoms. The lowest BCUT2D eigenvalue weighted by Gasteiger charge is -2.12. The van der Waals surface area contributed by atoms with E-state index < -0.39 is 0 Å². The Bertz CT molecular complexity index is 543. The molecule has 2 aromatic rings. The smallest absolute Gasteiger partial charge is 0.144 e. The van der Waals surface area contributed by atoms with E-state index in [1.54, 1.807) is 7.11 Å². The van der Waals surface area contributed by atoms with Crippen LogP contribution >= 0.6 is 15.9 Å². The molecule has 0 aliphatic rings. The van der Waals surface area contributed by atoms with Gasteiger partial charge in [0.1, 0.15) is 5.82 Å². The molecule has 18 heavy (non-hydrogen) atoms. The van der Waals surface area contributed by atoms with Crippen LogP contribution in [0.25, 0.3) is 0 Å². The Hall–Kier alpha value is -1.39. The number of aromatic nitrogens is 1. The van der Waals surface area contributed by atoms with Crippen molar-refractivity contribution in [2.45, 2.75) is 13.5 Å². The van der Waals surface area contributed by atoms with Crippen LogP contribution in [0.5, 0.6) is 0 Å². The molecule has 1 aromatic carbocycles. The Labute approximate surface area is 115 Å². The summed E-state index contributed by atoms with van der Waals surface area (Å²) < 4.78 is 6.14. The third kappa shape index (κ3) is 3.09. The quantitative estimate of drug-likeness (QED) is 0.925. The Morgan fingerprint density at radius 1 is 1.33 bits per heavy atom. The second-order valence-corrected chi connectivity index (χ2v) is 4.91. The fourth-order valence-electron chi connectivity index (χ4n) is 1.68. The Morgan fingerprint density at radius 2 is 2.11 bits per heavy atom. The molecule has 0 fully saturated rings. The van der Waals surface area contributed by atoms with Crippen LogP contribution in [0, 0.1) is 6.92 Å². The number of anilines is 2. The van der Waals surface area contributed by atoms with Crippen LogP contribution in [0.2, 0.25) is 0 Å². The number of pyridine rings is 1. The highest BCUT2D eigenvalue weighted by molar-refractivity contribution is 9.10. The van der Waals surface area contributed by atoms with Gasteiger partial charge in [-0.2, -0.15) is 0 Å². The van der Waals surface area contributed by atoms with E-state index in [-0.39, 0.29) is 0 Å². The van der Waals surface area contributed by atoms with Crippen molar-refractivity contribution in [1.29, 1.82) is 0 Å². The molecule has 0 aliphatic heterocycles. The predicted octanol–water partition coefficient (Wildman–Crippen LogP) is 4.04. The highest BCUT2D eigenvalue weighted by Crippen LogP contribution is 2.26. The Morgan fingerprint density at radius 3 is 2.83 bits per heavy atom. The zero-order valence-electron chi connectivity index (χ0n) is 10.4. The van der Waals surface area contributed by atoms with Crippen molar-refractivity contribution in [2.75, 3.05) is 12.4 Å². The van der Waals surface area contributed by atoms with Crippen LogP contribution in [0.1, 0.15) is 11.1 Å². The topological polar surface area (TPSA) is 34.1 Å². The van der Waals surface area contributed by atoms with Gasteiger partial charge >= 0.3 is 0 Å². The van der Waals surface area contributed by atoms with Gasteiger partial charge in [0, 0.05) is 24.6 Å². The maximum absolute atomic E-state index is 5.18. The summed E-state index contributed by atoms with van der Waals surface area (Å²) >= 11 is 3.51. The molecule has 0 aliphatic carbocycles. The lowest BCUT2D eigenvalue weighted by molar-refractivity contribution is 0.185. The highest BCUT2D eigenvalue weighted by atomic mass is 79.9. The molecule has 0 unspecified atom stereocenters. The molecule has 0 radical (unpaired) electrons. The van der Waals surface area contributed by atoms with E-state index in [4.69, 9.17) is 4.74 Å². The monoisotopic (exact) mass is 306 g/mol. The van der Waals surface area contributed by atoms with Gasteiger partial charge in [0.05, 0.1) is 11.1 Å². The molecule has 3 nitrogen and oxygen atoms in total. The van der Waals surface area contributed by atoms with Gasteiger partial charge in [0.2, 0.25) is 0 Å². The molecule has 2 rings (SSSR count). The molecular weight excluding hydrogens is 292 g/mol. The van der Waals surface area contributed by atoms with Gasteiger partial charge in [-0.1, -0.05) is 18.2 Å². The van der Waals surface area contributed by atoms with Crippen LogP contribution in [0.3, 0.4) is 0 Å². The summed E-state index contributed by atoms with van der Waals surface area (Å²) in [6, 6.07) is 10.1. The van der Waals surface area contributed by atoms with Crippen LogP contribution in [0.15, 0.2) is 41.0 Å². The van der Waals surface area contributed by atoms with Crippen LogP contribution in [0.4, 0.5) is 11.5 Å². The number of halogens is 1. The first-order valence-electron chi connectivity index (χ1n) is 5.66. The lowest BCUT2D eigenvalue weighted by atomic mass is 10.2. The molecular formula is C14H15BrN2O. The first kappa shape index (κ1) is 13.1. The summed E-state index contributed by atoms with van der Waals surface area (Å²) in [5.41, 5.74) is 3.24. The molecule has 1 aromatic heterocycles. The third-order valence-electron chi connectivity index (χ3n) is 2.55. The summed E-state index contributed by atoms with van der Waals surface area (Å²) in [5.74, 6) is 0.809. The van der Waals surface area contributed by atoms with Crippen molar-refractivity contribution in [3.8, 4) is 0 Å². The van der Waals surface area contributed by atoms with Gasteiger partial charge < -0.3 is 10.1 Å². The first-order valence-corrected chi connectivity index (χ1v) is 6.46. The van der Waals surface area contributed by atoms with Gasteiger partial charge in [-0.3, -0.25) is 0 Å². The number of nitrogens with zero attached hydrogens (tertiary/aromatic N) is 1. The van der Waals surface area contributed by atoms with Crippen molar-refractivity contribution < 1.29 is 4.74 Å². The number of nitrogens with one attached hydrogen (secondary N) is 1. The molecule has 1 N–H and O–H groups in total. The average molecular weight is 307 g/mol. The SMILES string of the molecule is COCc1ccccc1Nc1ncc(C)cc1Br. The van der Waals surface area contributed by atoms with E-state index in [1.807, 2.05) is 43.5 Å². The fraction of sp³-hybridized carbons (Fsp3) is 0.214. The van der Waals surface area contributed by atoms with E-state index in [0.29, 0.717) is 6.61 Å². The van der Waals surface area contributed by atoms with Crippen molar-refractivity contribution in [2.24, 2.45) is 0 Å². The second kappa shape index (κ2) is 5.98. The van der Waals surface area contributed by atoms with E-state index in [0.717, 1.165) is 27.1 Å². The molecule has 0 saturated carbocycles. The number of ether oxygens (including phenoxy) is 1. The normalized spacial score (nSPS) is 10.4. The van der Waals surface area contributed by atoms with E-state index in [9.17, 15) is 0 Å². The summed E-state index contributed by atoms with van der Waals surface area (Å²) in [6.45, 7) is 2.59. The standard InChI is InChI=1S/C14H15BrN2O/c1-10-7-12(15)14(16-8-10)17-13-6-4-3-5-11(13)9-18-2/h3-8H,9H2,1-2H3,(H,16,17). The van der Waals surface area contributed by atoms with E-state index in [2.05, 4.69) is 26.2 Å². The first-order chi connectivity index (χ1) is 8.70. The number of methoxy groups -OCH3 is 1. The van der Waals surface area contributed by atoms with Gasteiger partial charge in [-0.05, 0) is 40.5 Å². The summed E-state index contributed by atoms with van der Waals surface area (Å²) in [5, 5.41) is 3.31.